The minimum Gasteiger partial charge on any atom is -0.294 e. The van der Waals surface area contributed by atoms with E-state index in [9.17, 15) is 18.0 Å². The molecule has 0 aromatic heterocycles. The van der Waals surface area contributed by atoms with E-state index in [0.717, 1.165) is 6.92 Å². The number of Topliss-reactive ketones (excluding diaryl/α,β-unsaturated/α-hetero) is 1. The Bertz CT molecular complexity index is 488. The number of benzene rings is 1. The lowest BCUT2D eigenvalue weighted by Gasteiger charge is -2.12. The Hall–Kier alpha value is -1.10. The van der Waals surface area contributed by atoms with Gasteiger partial charge in [0, 0.05) is 9.13 Å². The van der Waals surface area contributed by atoms with E-state index < -0.39 is 17.5 Å². The zero-order valence-electron chi connectivity index (χ0n) is 8.02. The Morgan fingerprint density at radius 1 is 1.44 bits per heavy atom. The Labute approximate surface area is 103 Å². The van der Waals surface area contributed by atoms with Crippen molar-refractivity contribution in [3.63, 3.8) is 0 Å². The Morgan fingerprint density at radius 2 is 2.00 bits per heavy atom. The van der Waals surface area contributed by atoms with Crippen LogP contribution < -0.4 is 0 Å². The van der Waals surface area contributed by atoms with Gasteiger partial charge in [-0.3, -0.25) is 4.79 Å². The van der Waals surface area contributed by atoms with Crippen molar-refractivity contribution in [2.75, 3.05) is 0 Å². The molecule has 0 atom stereocenters. The summed E-state index contributed by atoms with van der Waals surface area (Å²) in [7, 11) is 0. The van der Waals surface area contributed by atoms with Gasteiger partial charge in [0.15, 0.2) is 5.78 Å². The molecule has 0 N–H and O–H groups in total. The Balaban J connectivity index is 3.61. The van der Waals surface area contributed by atoms with Crippen molar-refractivity contribution >= 4 is 28.4 Å². The zero-order valence-corrected chi connectivity index (χ0v) is 10.2. The van der Waals surface area contributed by atoms with E-state index in [1.54, 1.807) is 28.7 Å². The van der Waals surface area contributed by atoms with Crippen LogP contribution in [0.4, 0.5) is 13.2 Å². The molecule has 0 radical (unpaired) electrons. The Kier molecular flexibility index (Phi) is 3.57. The first kappa shape index (κ1) is 13.0. The molecule has 6 heteroatoms. The fraction of sp³-hybridized carbons (Fsp3) is 0.200. The van der Waals surface area contributed by atoms with Crippen molar-refractivity contribution in [2.24, 2.45) is 0 Å². The van der Waals surface area contributed by atoms with Crippen molar-refractivity contribution in [1.82, 2.24) is 0 Å². The average Bonchev–Trinajstić information content (AvgIpc) is 2.14. The van der Waals surface area contributed by atoms with Gasteiger partial charge in [0.05, 0.1) is 17.2 Å². The predicted molar refractivity (Wildman–Crippen MR) is 58.9 cm³/mol. The molecule has 0 amide bonds. The lowest BCUT2D eigenvalue weighted by Crippen LogP contribution is -2.13. The summed E-state index contributed by atoms with van der Waals surface area (Å²) in [4.78, 5) is 11.1. The van der Waals surface area contributed by atoms with Gasteiger partial charge in [0.25, 0.3) is 0 Å². The molecular weight excluding hydrogens is 334 g/mol. The number of alkyl halides is 3. The van der Waals surface area contributed by atoms with Crippen molar-refractivity contribution < 1.29 is 18.0 Å². The third-order valence-corrected chi connectivity index (χ3v) is 2.73. The number of nitrogens with zero attached hydrogens (tertiary/aromatic N) is 1. The van der Waals surface area contributed by atoms with E-state index >= 15 is 0 Å². The minimum absolute atomic E-state index is 0.110. The highest BCUT2D eigenvalue weighted by atomic mass is 127. The number of halogens is 4. The predicted octanol–water partition coefficient (Wildman–Crippen LogP) is 3.38. The lowest BCUT2D eigenvalue weighted by atomic mass is 10.0. The molecule has 84 valence electrons. The monoisotopic (exact) mass is 339 g/mol. The fourth-order valence-corrected chi connectivity index (χ4v) is 2.26. The van der Waals surface area contributed by atoms with Crippen LogP contribution in [0, 0.1) is 14.9 Å². The molecular formula is C10H5F3INO. The van der Waals surface area contributed by atoms with Gasteiger partial charge in [0.1, 0.15) is 0 Å². The van der Waals surface area contributed by atoms with Crippen LogP contribution in [0.15, 0.2) is 12.1 Å². The number of rotatable bonds is 1. The van der Waals surface area contributed by atoms with E-state index in [1.165, 1.54) is 6.07 Å². The molecule has 0 saturated carbocycles. The number of ketones is 1. The molecule has 1 aromatic carbocycles. The summed E-state index contributed by atoms with van der Waals surface area (Å²) in [5.74, 6) is -0.666. The van der Waals surface area contributed by atoms with E-state index in [-0.39, 0.29) is 14.7 Å². The molecule has 0 aliphatic rings. The lowest BCUT2D eigenvalue weighted by molar-refractivity contribution is -0.138. The molecule has 0 bridgehead atoms. The largest absolute Gasteiger partial charge is 0.417 e. The van der Waals surface area contributed by atoms with Crippen molar-refractivity contribution in [3.05, 3.63) is 32.4 Å². The van der Waals surface area contributed by atoms with Crippen LogP contribution in [0.5, 0.6) is 0 Å². The summed E-state index contributed by atoms with van der Waals surface area (Å²) in [6.45, 7) is 1.07. The highest BCUT2D eigenvalue weighted by molar-refractivity contribution is 14.1. The summed E-state index contributed by atoms with van der Waals surface area (Å²) in [6, 6.07) is 3.58. The molecule has 0 saturated heterocycles. The first-order valence-corrected chi connectivity index (χ1v) is 5.17. The van der Waals surface area contributed by atoms with Crippen LogP contribution >= 0.6 is 22.6 Å². The summed E-state index contributed by atoms with van der Waals surface area (Å²) in [6.07, 6.45) is -4.63. The van der Waals surface area contributed by atoms with Crippen LogP contribution in [0.1, 0.15) is 28.4 Å². The topological polar surface area (TPSA) is 40.9 Å². The third kappa shape index (κ3) is 2.52. The minimum atomic E-state index is -4.63. The standard InChI is InChI=1S/C10H5F3INO/c1-5(16)9-7(10(11,12)13)2-6(4-15)3-8(9)14/h2-3H,1H3. The smallest absolute Gasteiger partial charge is 0.294 e. The maximum atomic E-state index is 12.6. The second-order valence-corrected chi connectivity index (χ2v) is 4.21. The van der Waals surface area contributed by atoms with Crippen molar-refractivity contribution in [2.45, 2.75) is 13.1 Å². The fourth-order valence-electron chi connectivity index (χ4n) is 1.25. The normalized spacial score (nSPS) is 11.0. The summed E-state index contributed by atoms with van der Waals surface area (Å²) >= 11 is 1.62. The van der Waals surface area contributed by atoms with E-state index in [4.69, 9.17) is 5.26 Å². The van der Waals surface area contributed by atoms with Gasteiger partial charge >= 0.3 is 6.18 Å². The molecule has 0 fully saturated rings. The van der Waals surface area contributed by atoms with Crippen molar-refractivity contribution in [1.29, 1.82) is 5.26 Å². The van der Waals surface area contributed by atoms with Crippen LogP contribution in [0.3, 0.4) is 0 Å². The van der Waals surface area contributed by atoms with Gasteiger partial charge < -0.3 is 0 Å². The van der Waals surface area contributed by atoms with Crippen molar-refractivity contribution in [3.8, 4) is 6.07 Å². The average molecular weight is 339 g/mol. The van der Waals surface area contributed by atoms with Gasteiger partial charge in [-0.15, -0.1) is 0 Å². The molecule has 0 aliphatic heterocycles. The van der Waals surface area contributed by atoms with Crippen LogP contribution in [0.2, 0.25) is 0 Å². The molecule has 0 heterocycles. The molecule has 0 spiro atoms. The molecule has 0 aliphatic carbocycles. The molecule has 16 heavy (non-hydrogen) atoms. The quantitative estimate of drug-likeness (QED) is 0.581. The highest BCUT2D eigenvalue weighted by Gasteiger charge is 2.36. The number of nitriles is 1. The number of carbonyl (C=O) groups excluding carboxylic acids is 1. The summed E-state index contributed by atoms with van der Waals surface area (Å²) in [5, 5.41) is 8.58. The summed E-state index contributed by atoms with van der Waals surface area (Å²) in [5.41, 5.74) is -1.54. The van der Waals surface area contributed by atoms with E-state index in [2.05, 4.69) is 0 Å². The number of carbonyl (C=O) groups is 1. The zero-order chi connectivity index (χ0) is 12.5. The highest BCUT2D eigenvalue weighted by Crippen LogP contribution is 2.35. The first-order chi connectivity index (χ1) is 7.27. The Morgan fingerprint density at radius 3 is 2.38 bits per heavy atom. The van der Waals surface area contributed by atoms with Crippen LogP contribution in [0.25, 0.3) is 0 Å². The molecule has 1 rings (SSSR count). The van der Waals surface area contributed by atoms with Gasteiger partial charge in [0.2, 0.25) is 0 Å². The first-order valence-electron chi connectivity index (χ1n) is 4.09. The molecule has 0 unspecified atom stereocenters. The summed E-state index contributed by atoms with van der Waals surface area (Å²) < 4.78 is 38.1. The van der Waals surface area contributed by atoms with Crippen LogP contribution in [-0.2, 0) is 6.18 Å². The number of hydrogen-bond acceptors (Lipinski definition) is 2. The second-order valence-electron chi connectivity index (χ2n) is 3.05. The SMILES string of the molecule is CC(=O)c1c(I)cc(C#N)cc1C(F)(F)F. The maximum Gasteiger partial charge on any atom is 0.417 e. The third-order valence-electron chi connectivity index (χ3n) is 1.88. The van der Waals surface area contributed by atoms with Gasteiger partial charge in [-0.2, -0.15) is 18.4 Å². The van der Waals surface area contributed by atoms with Gasteiger partial charge in [-0.05, 0) is 41.6 Å². The second kappa shape index (κ2) is 4.41. The van der Waals surface area contributed by atoms with Crippen LogP contribution in [-0.4, -0.2) is 5.78 Å². The van der Waals surface area contributed by atoms with E-state index in [1.807, 2.05) is 0 Å². The van der Waals surface area contributed by atoms with E-state index in [0.29, 0.717) is 6.07 Å². The number of hydrogen-bond donors (Lipinski definition) is 0. The molecule has 2 nitrogen and oxygen atoms in total. The molecule has 1 aromatic rings. The van der Waals surface area contributed by atoms with Gasteiger partial charge in [-0.1, -0.05) is 0 Å². The van der Waals surface area contributed by atoms with Gasteiger partial charge in [-0.25, -0.2) is 0 Å². The maximum absolute atomic E-state index is 12.6.